The van der Waals surface area contributed by atoms with E-state index in [4.69, 9.17) is 11.6 Å². The summed E-state index contributed by atoms with van der Waals surface area (Å²) in [6, 6.07) is 20.1. The topological polar surface area (TPSA) is 54.5 Å². The third-order valence-electron chi connectivity index (χ3n) is 4.48. The molecule has 1 aromatic heterocycles. The van der Waals surface area contributed by atoms with Crippen molar-refractivity contribution >= 4 is 11.6 Å². The van der Waals surface area contributed by atoms with Gasteiger partial charge >= 0.3 is 0 Å². The molecule has 5 heteroatoms. The van der Waals surface area contributed by atoms with Gasteiger partial charge in [-0.1, -0.05) is 61.0 Å². The van der Waals surface area contributed by atoms with Crippen LogP contribution in [0.25, 0.3) is 0 Å². The summed E-state index contributed by atoms with van der Waals surface area (Å²) in [7, 11) is 0. The minimum Gasteiger partial charge on any atom is -0.251 e. The van der Waals surface area contributed by atoms with E-state index in [1.54, 1.807) is 11.0 Å². The summed E-state index contributed by atoms with van der Waals surface area (Å²) in [6.07, 6.45) is 3.13. The average molecular weight is 337 g/mol. The van der Waals surface area contributed by atoms with Crippen molar-refractivity contribution in [2.75, 3.05) is 0 Å². The van der Waals surface area contributed by atoms with Crippen LogP contribution in [-0.4, -0.2) is 14.8 Å². The lowest BCUT2D eigenvalue weighted by Crippen LogP contribution is -2.36. The van der Waals surface area contributed by atoms with Crippen molar-refractivity contribution < 1.29 is 0 Å². The van der Waals surface area contributed by atoms with Gasteiger partial charge in [0.05, 0.1) is 12.6 Å². The summed E-state index contributed by atoms with van der Waals surface area (Å²) in [5, 5.41) is 15.1. The van der Waals surface area contributed by atoms with E-state index < -0.39 is 5.41 Å². The van der Waals surface area contributed by atoms with Gasteiger partial charge in [0, 0.05) is 10.9 Å². The molecule has 2 atom stereocenters. The highest BCUT2D eigenvalue weighted by atomic mass is 35.5. The number of rotatable bonds is 5. The molecule has 1 heterocycles. The maximum absolute atomic E-state index is 10.2. The Balaban J connectivity index is 2.10. The average Bonchev–Trinajstić information content (AvgIpc) is 3.13. The van der Waals surface area contributed by atoms with Crippen LogP contribution in [0.1, 0.15) is 24.0 Å². The Morgan fingerprint density at radius 2 is 1.88 bits per heavy atom. The van der Waals surface area contributed by atoms with E-state index in [0.29, 0.717) is 11.6 Å². The standard InChI is InChI=1S/C19H17ClN4/c1-15(16-7-9-18(20)10-8-16)19(11-21,12-24-14-22-13-23-24)17-5-3-2-4-6-17/h2-10,13-15H,12H2,1H3. The zero-order valence-electron chi connectivity index (χ0n) is 13.3. The SMILES string of the molecule is CC(c1ccc(Cl)cc1)C(C#N)(Cn1cncn1)c1ccccc1. The van der Waals surface area contributed by atoms with Crippen LogP contribution in [0.4, 0.5) is 0 Å². The Labute approximate surface area is 146 Å². The maximum Gasteiger partial charge on any atom is 0.137 e. The lowest BCUT2D eigenvalue weighted by Gasteiger charge is -2.33. The first-order valence-corrected chi connectivity index (χ1v) is 8.08. The lowest BCUT2D eigenvalue weighted by atomic mass is 9.69. The van der Waals surface area contributed by atoms with Crippen LogP contribution in [0.5, 0.6) is 0 Å². The van der Waals surface area contributed by atoms with E-state index in [0.717, 1.165) is 11.1 Å². The van der Waals surface area contributed by atoms with Crippen molar-refractivity contribution in [2.24, 2.45) is 0 Å². The van der Waals surface area contributed by atoms with Crippen LogP contribution in [0, 0.1) is 11.3 Å². The lowest BCUT2D eigenvalue weighted by molar-refractivity contribution is 0.373. The quantitative estimate of drug-likeness (QED) is 0.701. The molecule has 0 N–H and O–H groups in total. The molecule has 2 unspecified atom stereocenters. The summed E-state index contributed by atoms with van der Waals surface area (Å²) in [6.45, 7) is 2.49. The Morgan fingerprint density at radius 1 is 1.17 bits per heavy atom. The third-order valence-corrected chi connectivity index (χ3v) is 4.73. The van der Waals surface area contributed by atoms with Gasteiger partial charge in [-0.25, -0.2) is 4.98 Å². The smallest absolute Gasteiger partial charge is 0.137 e. The number of hydrogen-bond donors (Lipinski definition) is 0. The van der Waals surface area contributed by atoms with Crippen molar-refractivity contribution in [1.82, 2.24) is 14.8 Å². The van der Waals surface area contributed by atoms with E-state index in [9.17, 15) is 5.26 Å². The Kier molecular flexibility index (Phi) is 4.64. The van der Waals surface area contributed by atoms with E-state index >= 15 is 0 Å². The van der Waals surface area contributed by atoms with E-state index in [2.05, 4.69) is 23.1 Å². The Morgan fingerprint density at radius 3 is 2.46 bits per heavy atom. The predicted molar refractivity (Wildman–Crippen MR) is 93.6 cm³/mol. The molecular formula is C19H17ClN4. The molecule has 3 rings (SSSR count). The zero-order chi connectivity index (χ0) is 17.0. The van der Waals surface area contributed by atoms with Crippen LogP contribution < -0.4 is 0 Å². The number of hydrogen-bond acceptors (Lipinski definition) is 3. The zero-order valence-corrected chi connectivity index (χ0v) is 14.1. The molecule has 0 aliphatic rings. The number of benzene rings is 2. The van der Waals surface area contributed by atoms with Crippen LogP contribution >= 0.6 is 11.6 Å². The fourth-order valence-electron chi connectivity index (χ4n) is 3.02. The summed E-state index contributed by atoms with van der Waals surface area (Å²) in [5.74, 6) is -0.0497. The normalized spacial score (nSPS) is 14.5. The van der Waals surface area contributed by atoms with Crippen molar-refractivity contribution in [1.29, 1.82) is 5.26 Å². The van der Waals surface area contributed by atoms with Gasteiger partial charge in [0.15, 0.2) is 0 Å². The first-order valence-electron chi connectivity index (χ1n) is 7.70. The van der Waals surface area contributed by atoms with E-state index in [-0.39, 0.29) is 5.92 Å². The van der Waals surface area contributed by atoms with Gasteiger partial charge in [0.25, 0.3) is 0 Å². The molecule has 0 amide bonds. The van der Waals surface area contributed by atoms with Crippen LogP contribution in [0.2, 0.25) is 5.02 Å². The second-order valence-electron chi connectivity index (χ2n) is 5.82. The molecule has 2 aromatic carbocycles. The molecule has 0 spiro atoms. The minimum atomic E-state index is -0.761. The summed E-state index contributed by atoms with van der Waals surface area (Å²) >= 11 is 6.01. The summed E-state index contributed by atoms with van der Waals surface area (Å²) in [5.41, 5.74) is 1.26. The van der Waals surface area contributed by atoms with Crippen molar-refractivity contribution in [3.05, 3.63) is 83.4 Å². The summed E-state index contributed by atoms with van der Waals surface area (Å²) in [4.78, 5) is 4.00. The molecule has 120 valence electrons. The van der Waals surface area contributed by atoms with Crippen molar-refractivity contribution in [3.63, 3.8) is 0 Å². The molecule has 3 aromatic rings. The highest BCUT2D eigenvalue weighted by Crippen LogP contribution is 2.40. The second-order valence-corrected chi connectivity index (χ2v) is 6.25. The molecule has 0 radical (unpaired) electrons. The number of nitriles is 1. The maximum atomic E-state index is 10.2. The number of nitrogens with zero attached hydrogens (tertiary/aromatic N) is 4. The van der Waals surface area contributed by atoms with Gasteiger partial charge in [-0.05, 0) is 23.3 Å². The van der Waals surface area contributed by atoms with Gasteiger partial charge in [0.2, 0.25) is 0 Å². The molecule has 24 heavy (non-hydrogen) atoms. The van der Waals surface area contributed by atoms with E-state index in [1.165, 1.54) is 6.33 Å². The molecule has 0 aliphatic carbocycles. The summed E-state index contributed by atoms with van der Waals surface area (Å²) < 4.78 is 1.71. The molecular weight excluding hydrogens is 320 g/mol. The molecule has 0 aliphatic heterocycles. The first kappa shape index (κ1) is 16.2. The van der Waals surface area contributed by atoms with Crippen molar-refractivity contribution in [3.8, 4) is 6.07 Å². The fraction of sp³-hybridized carbons (Fsp3) is 0.211. The van der Waals surface area contributed by atoms with Gasteiger partial charge in [-0.3, -0.25) is 4.68 Å². The molecule has 4 nitrogen and oxygen atoms in total. The van der Waals surface area contributed by atoms with Crippen LogP contribution in [-0.2, 0) is 12.0 Å². The predicted octanol–water partition coefficient (Wildman–Crippen LogP) is 4.20. The Bertz CT molecular complexity index is 822. The minimum absolute atomic E-state index is 0.0497. The van der Waals surface area contributed by atoms with Gasteiger partial charge < -0.3 is 0 Å². The highest BCUT2D eigenvalue weighted by Gasteiger charge is 2.40. The van der Waals surface area contributed by atoms with Gasteiger partial charge in [-0.2, -0.15) is 10.4 Å². The van der Waals surface area contributed by atoms with Crippen LogP contribution in [0.3, 0.4) is 0 Å². The van der Waals surface area contributed by atoms with Crippen molar-refractivity contribution in [2.45, 2.75) is 24.8 Å². The molecule has 0 bridgehead atoms. The monoisotopic (exact) mass is 336 g/mol. The third kappa shape index (κ3) is 3.04. The van der Waals surface area contributed by atoms with Gasteiger partial charge in [-0.15, -0.1) is 0 Å². The van der Waals surface area contributed by atoms with E-state index in [1.807, 2.05) is 54.6 Å². The van der Waals surface area contributed by atoms with Gasteiger partial charge in [0.1, 0.15) is 18.1 Å². The largest absolute Gasteiger partial charge is 0.251 e. The fourth-order valence-corrected chi connectivity index (χ4v) is 3.14. The number of halogens is 1. The van der Waals surface area contributed by atoms with Crippen LogP contribution in [0.15, 0.2) is 67.3 Å². The molecule has 0 fully saturated rings. The Hall–Kier alpha value is -2.64. The molecule has 0 saturated carbocycles. The number of aromatic nitrogens is 3. The highest BCUT2D eigenvalue weighted by molar-refractivity contribution is 6.30. The molecule has 0 saturated heterocycles. The first-order chi connectivity index (χ1) is 11.7. The second kappa shape index (κ2) is 6.86.